The van der Waals surface area contributed by atoms with Crippen LogP contribution in [0.3, 0.4) is 0 Å². The van der Waals surface area contributed by atoms with Gasteiger partial charge in [-0.2, -0.15) is 0 Å². The van der Waals surface area contributed by atoms with Crippen molar-refractivity contribution >= 4 is 11.6 Å². The molecule has 1 aromatic heterocycles. The van der Waals surface area contributed by atoms with Crippen LogP contribution < -0.4 is 5.73 Å². The first-order chi connectivity index (χ1) is 9.13. The summed E-state index contributed by atoms with van der Waals surface area (Å²) in [5, 5.41) is 0.532. The summed E-state index contributed by atoms with van der Waals surface area (Å²) in [4.78, 5) is 11.0. The summed E-state index contributed by atoms with van der Waals surface area (Å²) in [7, 11) is 2.09. The minimum Gasteiger partial charge on any atom is -0.398 e. The lowest BCUT2D eigenvalue weighted by Crippen LogP contribution is -2.43. The highest BCUT2D eigenvalue weighted by Gasteiger charge is 2.31. The third-order valence-electron chi connectivity index (χ3n) is 3.54. The van der Waals surface area contributed by atoms with Gasteiger partial charge in [-0.15, -0.1) is 0 Å². The zero-order valence-corrected chi connectivity index (χ0v) is 11.8. The first kappa shape index (κ1) is 12.6. The van der Waals surface area contributed by atoms with Crippen LogP contribution in [0, 0.1) is 0 Å². The number of nitrogens with zero attached hydrogens (tertiary/aromatic N) is 4. The summed E-state index contributed by atoms with van der Waals surface area (Å²) in [5.41, 5.74) is 8.31. The second-order valence-corrected chi connectivity index (χ2v) is 5.57. The predicted molar refractivity (Wildman–Crippen MR) is 75.1 cm³/mol. The molecule has 0 saturated carbocycles. The summed E-state index contributed by atoms with van der Waals surface area (Å²) in [6, 6.07) is 3.85. The molecule has 0 aromatic carbocycles. The summed E-state index contributed by atoms with van der Waals surface area (Å²) in [6.07, 6.45) is 1.83. The van der Waals surface area contributed by atoms with Gasteiger partial charge in [0.2, 0.25) is 0 Å². The number of halogens is 1. The van der Waals surface area contributed by atoms with E-state index >= 15 is 0 Å². The van der Waals surface area contributed by atoms with Crippen LogP contribution in [-0.4, -0.2) is 53.0 Å². The Labute approximate surface area is 118 Å². The van der Waals surface area contributed by atoms with E-state index < -0.39 is 0 Å². The summed E-state index contributed by atoms with van der Waals surface area (Å²) >= 11 is 5.81. The van der Waals surface area contributed by atoms with Gasteiger partial charge in [-0.3, -0.25) is 4.90 Å². The Morgan fingerprint density at radius 3 is 2.95 bits per heavy atom. The van der Waals surface area contributed by atoms with Crippen molar-refractivity contribution in [2.45, 2.75) is 6.54 Å². The second kappa shape index (κ2) is 4.90. The summed E-state index contributed by atoms with van der Waals surface area (Å²) < 4.78 is 0. The number of hydrogen-bond donors (Lipinski definition) is 1. The predicted octanol–water partition coefficient (Wildman–Crippen LogP) is 0.883. The first-order valence-electron chi connectivity index (χ1n) is 6.41. The Morgan fingerprint density at radius 1 is 1.37 bits per heavy atom. The van der Waals surface area contributed by atoms with Crippen LogP contribution in [0.15, 0.2) is 29.8 Å². The van der Waals surface area contributed by atoms with E-state index in [4.69, 9.17) is 17.3 Å². The van der Waals surface area contributed by atoms with Crippen LogP contribution in [0.5, 0.6) is 0 Å². The molecule has 0 spiro atoms. The third kappa shape index (κ3) is 2.48. The first-order valence-corrected chi connectivity index (χ1v) is 6.79. The number of nitrogens with two attached hydrogens (primary N) is 1. The molecule has 6 heteroatoms. The van der Waals surface area contributed by atoms with Crippen LogP contribution in [-0.2, 0) is 6.54 Å². The smallest absolute Gasteiger partial charge is 0.129 e. The van der Waals surface area contributed by atoms with E-state index in [1.165, 1.54) is 5.82 Å². The SMILES string of the molecule is CN1CC(N)=C2N(Cc3ccc(Cl)nc3)CCN2C1. The van der Waals surface area contributed by atoms with E-state index in [0.29, 0.717) is 5.15 Å². The summed E-state index contributed by atoms with van der Waals surface area (Å²) in [6.45, 7) is 4.65. The van der Waals surface area contributed by atoms with E-state index in [1.54, 1.807) is 0 Å². The van der Waals surface area contributed by atoms with E-state index in [2.05, 4.69) is 26.7 Å². The molecule has 5 nitrogen and oxygen atoms in total. The highest BCUT2D eigenvalue weighted by Crippen LogP contribution is 2.26. The molecule has 19 heavy (non-hydrogen) atoms. The molecule has 102 valence electrons. The molecule has 1 aromatic rings. The highest BCUT2D eigenvalue weighted by molar-refractivity contribution is 6.29. The summed E-state index contributed by atoms with van der Waals surface area (Å²) in [5.74, 6) is 1.19. The van der Waals surface area contributed by atoms with E-state index in [-0.39, 0.29) is 0 Å². The van der Waals surface area contributed by atoms with Gasteiger partial charge in [0.15, 0.2) is 0 Å². The van der Waals surface area contributed by atoms with Gasteiger partial charge < -0.3 is 15.5 Å². The molecule has 0 bridgehead atoms. The zero-order chi connectivity index (χ0) is 13.4. The minimum atomic E-state index is 0.532. The van der Waals surface area contributed by atoms with Crippen molar-refractivity contribution < 1.29 is 0 Å². The third-order valence-corrected chi connectivity index (χ3v) is 3.76. The fourth-order valence-electron chi connectivity index (χ4n) is 2.77. The molecular weight excluding hydrogens is 262 g/mol. The second-order valence-electron chi connectivity index (χ2n) is 5.18. The Hall–Kier alpha value is -1.46. The maximum absolute atomic E-state index is 6.20. The van der Waals surface area contributed by atoms with E-state index in [0.717, 1.165) is 44.1 Å². The number of pyridine rings is 1. The van der Waals surface area contributed by atoms with Crippen molar-refractivity contribution in [2.24, 2.45) is 5.73 Å². The van der Waals surface area contributed by atoms with Gasteiger partial charge in [-0.1, -0.05) is 17.7 Å². The molecule has 0 unspecified atom stereocenters. The topological polar surface area (TPSA) is 48.6 Å². The van der Waals surface area contributed by atoms with Gasteiger partial charge in [-0.05, 0) is 18.7 Å². The number of fused-ring (bicyclic) bond motifs is 1. The molecule has 2 aliphatic heterocycles. The molecule has 0 radical (unpaired) electrons. The van der Waals surface area contributed by atoms with E-state index in [9.17, 15) is 0 Å². The van der Waals surface area contributed by atoms with Crippen molar-refractivity contribution in [3.63, 3.8) is 0 Å². The molecule has 3 heterocycles. The van der Waals surface area contributed by atoms with Crippen LogP contribution in [0.25, 0.3) is 0 Å². The van der Waals surface area contributed by atoms with Crippen molar-refractivity contribution in [1.29, 1.82) is 0 Å². The zero-order valence-electron chi connectivity index (χ0n) is 11.0. The fraction of sp³-hybridized carbons (Fsp3) is 0.462. The van der Waals surface area contributed by atoms with Crippen LogP contribution in [0.2, 0.25) is 5.15 Å². The molecule has 1 saturated heterocycles. The largest absolute Gasteiger partial charge is 0.398 e. The van der Waals surface area contributed by atoms with Crippen molar-refractivity contribution in [3.8, 4) is 0 Å². The van der Waals surface area contributed by atoms with Gasteiger partial charge in [0.1, 0.15) is 11.0 Å². The number of aromatic nitrogens is 1. The molecule has 1 fully saturated rings. The molecular formula is C13H18ClN5. The Bertz CT molecular complexity index is 498. The van der Waals surface area contributed by atoms with Crippen LogP contribution in [0.1, 0.15) is 5.56 Å². The Morgan fingerprint density at radius 2 is 2.21 bits per heavy atom. The number of rotatable bonds is 2. The maximum Gasteiger partial charge on any atom is 0.129 e. The quantitative estimate of drug-likeness (QED) is 0.815. The molecule has 0 atom stereocenters. The van der Waals surface area contributed by atoms with Crippen LogP contribution in [0.4, 0.5) is 0 Å². The Balaban J connectivity index is 1.79. The van der Waals surface area contributed by atoms with E-state index in [1.807, 2.05) is 18.3 Å². The van der Waals surface area contributed by atoms with Crippen molar-refractivity contribution in [3.05, 3.63) is 40.6 Å². The van der Waals surface area contributed by atoms with Gasteiger partial charge in [-0.25, -0.2) is 4.98 Å². The number of likely N-dealkylation sites (N-methyl/N-ethyl adjacent to an activating group) is 1. The van der Waals surface area contributed by atoms with Crippen LogP contribution >= 0.6 is 11.6 Å². The van der Waals surface area contributed by atoms with Gasteiger partial charge in [0.25, 0.3) is 0 Å². The lowest BCUT2D eigenvalue weighted by Gasteiger charge is -2.35. The Kier molecular flexibility index (Phi) is 3.24. The van der Waals surface area contributed by atoms with Gasteiger partial charge in [0.05, 0.1) is 12.4 Å². The normalized spacial score (nSPS) is 20.1. The molecule has 0 amide bonds. The average molecular weight is 280 g/mol. The number of hydrogen-bond acceptors (Lipinski definition) is 5. The van der Waals surface area contributed by atoms with Gasteiger partial charge in [0, 0.05) is 32.4 Å². The monoisotopic (exact) mass is 279 g/mol. The average Bonchev–Trinajstić information content (AvgIpc) is 2.75. The molecule has 0 aliphatic carbocycles. The van der Waals surface area contributed by atoms with Crippen molar-refractivity contribution in [1.82, 2.24) is 19.7 Å². The maximum atomic E-state index is 6.20. The van der Waals surface area contributed by atoms with Crippen molar-refractivity contribution in [2.75, 3.05) is 33.4 Å². The lowest BCUT2D eigenvalue weighted by atomic mass is 10.2. The standard InChI is InChI=1S/C13H18ClN5/c1-17-8-11(15)13-18(4-5-19(13)9-17)7-10-2-3-12(14)16-6-10/h2-3,6H,4-5,7-9,15H2,1H3. The highest BCUT2D eigenvalue weighted by atomic mass is 35.5. The lowest BCUT2D eigenvalue weighted by molar-refractivity contribution is 0.178. The molecule has 3 rings (SSSR count). The fourth-order valence-corrected chi connectivity index (χ4v) is 2.89. The molecule has 2 aliphatic rings. The minimum absolute atomic E-state index is 0.532. The molecule has 2 N–H and O–H groups in total. The van der Waals surface area contributed by atoms with Gasteiger partial charge >= 0.3 is 0 Å².